The molecular weight excluding hydrogens is 970 g/mol. The molecule has 0 bridgehead atoms. The highest BCUT2D eigenvalue weighted by molar-refractivity contribution is 7.88. The van der Waals surface area contributed by atoms with Crippen LogP contribution in [0, 0.1) is 0 Å². The third-order valence-corrected chi connectivity index (χ3v) is 17.4. The van der Waals surface area contributed by atoms with E-state index in [4.69, 9.17) is 4.18 Å². The predicted octanol–water partition coefficient (Wildman–Crippen LogP) is 18.8. The van der Waals surface area contributed by atoms with Gasteiger partial charge in [-0.05, 0) is 108 Å². The molecule has 13 aromatic rings. The minimum absolute atomic E-state index is 0.455. The van der Waals surface area contributed by atoms with Crippen molar-refractivity contribution in [1.29, 1.82) is 0 Å². The van der Waals surface area contributed by atoms with Crippen molar-refractivity contribution in [3.8, 4) is 16.9 Å². The fourth-order valence-electron chi connectivity index (χ4n) is 9.84. The molecule has 71 heavy (non-hydrogen) atoms. The van der Waals surface area contributed by atoms with Gasteiger partial charge in [0.05, 0.1) is 16.1 Å². The number of para-hydroxylation sites is 2. The molecule has 0 aliphatic carbocycles. The number of nitrogens with zero attached hydrogens (tertiary/aromatic N) is 2. The van der Waals surface area contributed by atoms with Crippen molar-refractivity contribution in [2.75, 3.05) is 9.80 Å². The van der Waals surface area contributed by atoms with Crippen LogP contribution in [0.5, 0.6) is 5.75 Å². The van der Waals surface area contributed by atoms with Gasteiger partial charge in [0, 0.05) is 90.0 Å². The molecule has 0 fully saturated rings. The van der Waals surface area contributed by atoms with Crippen LogP contribution >= 0.6 is 34.0 Å². The Kier molecular flexibility index (Phi) is 10.2. The van der Waals surface area contributed by atoms with E-state index in [1.165, 1.54) is 43.6 Å². The Hall–Kier alpha value is -7.74. The first-order chi connectivity index (χ1) is 34.6. The van der Waals surface area contributed by atoms with Crippen molar-refractivity contribution in [1.82, 2.24) is 0 Å². The van der Waals surface area contributed by atoms with E-state index in [0.717, 1.165) is 85.3 Å². The van der Waals surface area contributed by atoms with Crippen molar-refractivity contribution in [3.05, 3.63) is 212 Å². The molecule has 0 aliphatic rings. The SMILES string of the molecule is O=S(=O)(Oc1cc(N(c2ccccc2)c2ccc3c(c2)sc2ccccc23)c2sc3ccc(-c4ccc(N(c5ccccc5)c5ccc6sc7ccccc7c6c5)c5ccccc45)cc3c2c1)C(F)(F)F. The first kappa shape index (κ1) is 43.3. The van der Waals surface area contributed by atoms with E-state index >= 15 is 0 Å². The van der Waals surface area contributed by atoms with E-state index in [9.17, 15) is 21.6 Å². The molecule has 0 atom stereocenters. The number of alkyl halides is 3. The number of anilines is 6. The van der Waals surface area contributed by atoms with Crippen LogP contribution in [0.25, 0.3) is 82.4 Å². The molecule has 12 heteroatoms. The summed E-state index contributed by atoms with van der Waals surface area (Å²) in [7, 11) is -6.03. The molecule has 3 heterocycles. The number of hydrogen-bond acceptors (Lipinski definition) is 8. The van der Waals surface area contributed by atoms with E-state index in [-0.39, 0.29) is 0 Å². The molecule has 0 unspecified atom stereocenters. The normalized spacial score (nSPS) is 12.3. The maximum atomic E-state index is 14.1. The van der Waals surface area contributed by atoms with E-state index in [1.54, 1.807) is 22.7 Å². The summed E-state index contributed by atoms with van der Waals surface area (Å²) in [4.78, 5) is 4.25. The van der Waals surface area contributed by atoms with Crippen LogP contribution in [0.4, 0.5) is 47.3 Å². The lowest BCUT2D eigenvalue weighted by Crippen LogP contribution is -2.28. The van der Waals surface area contributed by atoms with Gasteiger partial charge in [0.1, 0.15) is 5.75 Å². The quantitative estimate of drug-likeness (QED) is 0.107. The van der Waals surface area contributed by atoms with E-state index in [0.29, 0.717) is 11.1 Å². The molecule has 10 aromatic carbocycles. The number of rotatable bonds is 9. The number of hydrogen-bond donors (Lipinski definition) is 0. The summed E-state index contributed by atoms with van der Waals surface area (Å²) in [6.45, 7) is 0. The summed E-state index contributed by atoms with van der Waals surface area (Å²) >= 11 is 4.92. The van der Waals surface area contributed by atoms with Crippen molar-refractivity contribution in [3.63, 3.8) is 0 Å². The van der Waals surface area contributed by atoms with E-state index < -0.39 is 21.4 Å². The Balaban J connectivity index is 0.997. The van der Waals surface area contributed by atoms with Gasteiger partial charge >= 0.3 is 15.6 Å². The first-order valence-electron chi connectivity index (χ1n) is 22.6. The van der Waals surface area contributed by atoms with E-state index in [1.807, 2.05) is 95.9 Å². The summed E-state index contributed by atoms with van der Waals surface area (Å²) < 4.78 is 79.0. The monoisotopic (exact) mass is 1000 g/mol. The highest BCUT2D eigenvalue weighted by atomic mass is 32.2. The third kappa shape index (κ3) is 7.36. The maximum absolute atomic E-state index is 14.1. The van der Waals surface area contributed by atoms with Gasteiger partial charge in [-0.15, -0.1) is 34.0 Å². The Morgan fingerprint density at radius 1 is 0.380 bits per heavy atom. The Morgan fingerprint density at radius 2 is 0.901 bits per heavy atom. The molecule has 0 radical (unpaired) electrons. The molecule has 13 rings (SSSR count). The largest absolute Gasteiger partial charge is 0.534 e. The highest BCUT2D eigenvalue weighted by Gasteiger charge is 2.48. The fourth-order valence-corrected chi connectivity index (χ4v) is 13.7. The van der Waals surface area contributed by atoms with Crippen LogP contribution in [0.1, 0.15) is 0 Å². The zero-order chi connectivity index (χ0) is 48.0. The minimum atomic E-state index is -6.03. The van der Waals surface area contributed by atoms with Crippen LogP contribution in [0.3, 0.4) is 0 Å². The molecule has 0 saturated carbocycles. The molecule has 0 aliphatic heterocycles. The van der Waals surface area contributed by atoms with Gasteiger partial charge in [-0.3, -0.25) is 0 Å². The second-order valence-corrected chi connectivity index (χ2v) is 21.9. The standard InChI is InChI=1S/C59H35F3N2O3S4/c60-59(61,62)71(65,66)67-41-34-50-48-31-36(23-29-56(48)70-58(50)52(35-41)64(38-15-5-2-6-16-38)40-24-26-47-45-19-9-11-21-53(45)69-57(47)33-40)42-27-28-51(44-18-8-7-17-43(42)44)63(37-13-3-1-4-14-37)39-25-30-55-49(32-39)46-20-10-12-22-54(46)68-55/h1-35H. The molecule has 0 amide bonds. The summed E-state index contributed by atoms with van der Waals surface area (Å²) in [6.07, 6.45) is 0. The topological polar surface area (TPSA) is 49.9 Å². The summed E-state index contributed by atoms with van der Waals surface area (Å²) in [5.41, 5.74) is 1.13. The third-order valence-electron chi connectivity index (χ3n) is 13.0. The Labute approximate surface area is 417 Å². The second-order valence-electron chi connectivity index (χ2n) is 17.2. The fraction of sp³-hybridized carbons (Fsp3) is 0.0169. The maximum Gasteiger partial charge on any atom is 0.534 e. The van der Waals surface area contributed by atoms with Crippen molar-refractivity contribution >= 4 is 150 Å². The molecule has 5 nitrogen and oxygen atoms in total. The zero-order valence-corrected chi connectivity index (χ0v) is 40.4. The van der Waals surface area contributed by atoms with Gasteiger partial charge in [-0.1, -0.05) is 115 Å². The van der Waals surface area contributed by atoms with Crippen LogP contribution < -0.4 is 14.0 Å². The predicted molar refractivity (Wildman–Crippen MR) is 293 cm³/mol. The lowest BCUT2D eigenvalue weighted by molar-refractivity contribution is -0.0500. The van der Waals surface area contributed by atoms with Gasteiger partial charge in [0.2, 0.25) is 0 Å². The minimum Gasteiger partial charge on any atom is -0.376 e. The summed E-state index contributed by atoms with van der Waals surface area (Å²) in [6, 6.07) is 70.8. The molecule has 0 saturated heterocycles. The Bertz CT molecular complexity index is 4360. The number of fused-ring (bicyclic) bond motifs is 10. The lowest BCUT2D eigenvalue weighted by atomic mass is 9.95. The first-order valence-corrected chi connectivity index (χ1v) is 26.5. The van der Waals surface area contributed by atoms with Crippen LogP contribution in [0.2, 0.25) is 0 Å². The lowest BCUT2D eigenvalue weighted by Gasteiger charge is -2.27. The molecular formula is C59H35F3N2O3S4. The van der Waals surface area contributed by atoms with Gasteiger partial charge in [0.15, 0.2) is 0 Å². The van der Waals surface area contributed by atoms with Crippen LogP contribution in [-0.2, 0) is 10.1 Å². The van der Waals surface area contributed by atoms with Gasteiger partial charge in [-0.25, -0.2) is 0 Å². The molecule has 0 spiro atoms. The zero-order valence-electron chi connectivity index (χ0n) is 37.1. The Morgan fingerprint density at radius 3 is 1.61 bits per heavy atom. The molecule has 344 valence electrons. The van der Waals surface area contributed by atoms with Crippen molar-refractivity contribution < 1.29 is 25.8 Å². The highest BCUT2D eigenvalue weighted by Crippen LogP contribution is 2.50. The summed E-state index contributed by atoms with van der Waals surface area (Å²) in [5, 5.41) is 7.92. The second kappa shape index (κ2) is 16.7. The van der Waals surface area contributed by atoms with Gasteiger partial charge in [0.25, 0.3) is 0 Å². The average molecular weight is 1010 g/mol. The smallest absolute Gasteiger partial charge is 0.376 e. The molecule has 3 aromatic heterocycles. The van der Waals surface area contributed by atoms with Gasteiger partial charge in [-0.2, -0.15) is 21.6 Å². The number of thiophene rings is 3. The number of halogens is 3. The molecule has 0 N–H and O–H groups in total. The average Bonchev–Trinajstić information content (AvgIpc) is 4.08. The van der Waals surface area contributed by atoms with Crippen molar-refractivity contribution in [2.45, 2.75) is 5.51 Å². The summed E-state index contributed by atoms with van der Waals surface area (Å²) in [5.74, 6) is -0.455. The van der Waals surface area contributed by atoms with Crippen molar-refractivity contribution in [2.24, 2.45) is 0 Å². The van der Waals surface area contributed by atoms with Gasteiger partial charge < -0.3 is 14.0 Å². The van der Waals surface area contributed by atoms with Crippen LogP contribution in [-0.4, -0.2) is 13.9 Å². The van der Waals surface area contributed by atoms with E-state index in [2.05, 4.69) is 114 Å². The number of benzene rings is 10. The van der Waals surface area contributed by atoms with Crippen LogP contribution in [0.15, 0.2) is 212 Å².